The van der Waals surface area contributed by atoms with Crippen LogP contribution in [0.5, 0.6) is 0 Å². The minimum Gasteiger partial charge on any atom is -0.388 e. The molecule has 0 bridgehead atoms. The lowest BCUT2D eigenvalue weighted by molar-refractivity contribution is -0.347. The Morgan fingerprint density at radius 2 is 1.40 bits per heavy atom. The third-order valence-electron chi connectivity index (χ3n) is 2.64. The van der Waals surface area contributed by atoms with Gasteiger partial charge in [0, 0.05) is 9.99 Å². The summed E-state index contributed by atoms with van der Waals surface area (Å²) in [4.78, 5) is 0. The molecule has 1 atom stereocenters. The van der Waals surface area contributed by atoms with E-state index < -0.39 is 30.5 Å². The Labute approximate surface area is 122 Å². The Bertz CT molecular complexity index is 455. The molecule has 0 saturated carbocycles. The fraction of sp³-hybridized carbons (Fsp3) is 0.455. The first-order chi connectivity index (χ1) is 8.90. The van der Waals surface area contributed by atoms with Gasteiger partial charge in [-0.3, -0.25) is 0 Å². The molecular formula is C11H8F7IO. The molecule has 1 nitrogen and oxygen atoms in total. The smallest absolute Gasteiger partial charge is 0.388 e. The van der Waals surface area contributed by atoms with Crippen LogP contribution in [0.2, 0.25) is 0 Å². The lowest BCUT2D eigenvalue weighted by Crippen LogP contribution is -2.54. The molecule has 20 heavy (non-hydrogen) atoms. The molecule has 1 aromatic rings. The van der Waals surface area contributed by atoms with Crippen molar-refractivity contribution in [1.82, 2.24) is 0 Å². The molecule has 1 aromatic carbocycles. The number of hydrogen-bond donors (Lipinski definition) is 1. The van der Waals surface area contributed by atoms with Crippen LogP contribution in [0.25, 0.3) is 0 Å². The number of benzene rings is 1. The van der Waals surface area contributed by atoms with Gasteiger partial charge in [-0.15, -0.1) is 0 Å². The van der Waals surface area contributed by atoms with Gasteiger partial charge in [0.25, 0.3) is 0 Å². The molecule has 0 heterocycles. The predicted octanol–water partition coefficient (Wildman–Crippen LogP) is 4.55. The van der Waals surface area contributed by atoms with E-state index in [0.717, 1.165) is 6.07 Å². The van der Waals surface area contributed by atoms with Crippen LogP contribution in [-0.2, 0) is 0 Å². The quantitative estimate of drug-likeness (QED) is 0.567. The maximum Gasteiger partial charge on any atom is 0.431 e. The Balaban J connectivity index is 3.13. The van der Waals surface area contributed by atoms with E-state index in [1.807, 2.05) is 0 Å². The average molecular weight is 416 g/mol. The second-order valence-corrected chi connectivity index (χ2v) is 5.20. The summed E-state index contributed by atoms with van der Waals surface area (Å²) in [7, 11) is 0. The van der Waals surface area contributed by atoms with Crippen molar-refractivity contribution < 1.29 is 35.8 Å². The number of hydrogen-bond acceptors (Lipinski definition) is 1. The fourth-order valence-corrected chi connectivity index (χ4v) is 2.26. The summed E-state index contributed by atoms with van der Waals surface area (Å²) >= 11 is 1.62. The standard InChI is InChI=1S/C11H8F7IO/c12-9(10(13,14)15,11(16,17)18)5-8(20)6-3-1-2-4-7(6)19/h1-4,8,20H,5H2. The van der Waals surface area contributed by atoms with Crippen molar-refractivity contribution in [2.45, 2.75) is 30.5 Å². The van der Waals surface area contributed by atoms with Gasteiger partial charge < -0.3 is 5.11 Å². The molecule has 0 amide bonds. The van der Waals surface area contributed by atoms with Crippen LogP contribution in [-0.4, -0.2) is 23.1 Å². The minimum absolute atomic E-state index is 0.191. The first kappa shape index (κ1) is 17.5. The van der Waals surface area contributed by atoms with Gasteiger partial charge >= 0.3 is 18.0 Å². The van der Waals surface area contributed by atoms with Crippen molar-refractivity contribution in [2.75, 3.05) is 0 Å². The number of aliphatic hydroxyl groups is 1. The van der Waals surface area contributed by atoms with Crippen LogP contribution < -0.4 is 0 Å². The van der Waals surface area contributed by atoms with Crippen LogP contribution in [0.3, 0.4) is 0 Å². The van der Waals surface area contributed by atoms with Crippen molar-refractivity contribution in [2.24, 2.45) is 0 Å². The monoisotopic (exact) mass is 416 g/mol. The van der Waals surface area contributed by atoms with Gasteiger partial charge in [0.2, 0.25) is 0 Å². The van der Waals surface area contributed by atoms with Gasteiger partial charge in [-0.05, 0) is 34.2 Å². The first-order valence-corrected chi connectivity index (χ1v) is 6.23. The molecule has 9 heteroatoms. The van der Waals surface area contributed by atoms with E-state index in [-0.39, 0.29) is 9.13 Å². The highest BCUT2D eigenvalue weighted by Crippen LogP contribution is 2.50. The second kappa shape index (κ2) is 5.66. The summed E-state index contributed by atoms with van der Waals surface area (Å²) in [5.74, 6) is 0. The highest BCUT2D eigenvalue weighted by molar-refractivity contribution is 14.1. The van der Waals surface area contributed by atoms with E-state index in [0.29, 0.717) is 0 Å². The molecule has 0 aliphatic carbocycles. The zero-order valence-electron chi connectivity index (χ0n) is 9.56. The Morgan fingerprint density at radius 3 is 1.80 bits per heavy atom. The van der Waals surface area contributed by atoms with Crippen LogP contribution in [0.1, 0.15) is 18.1 Å². The zero-order valence-corrected chi connectivity index (χ0v) is 11.7. The minimum atomic E-state index is -6.16. The average Bonchev–Trinajstić information content (AvgIpc) is 2.26. The molecule has 0 saturated heterocycles. The Hall–Kier alpha value is -0.580. The Morgan fingerprint density at radius 1 is 0.950 bits per heavy atom. The van der Waals surface area contributed by atoms with E-state index in [1.165, 1.54) is 18.2 Å². The van der Waals surface area contributed by atoms with Crippen molar-refractivity contribution >= 4 is 22.6 Å². The third-order valence-corrected chi connectivity index (χ3v) is 3.62. The maximum atomic E-state index is 13.5. The molecule has 1 unspecified atom stereocenters. The van der Waals surface area contributed by atoms with E-state index in [9.17, 15) is 35.8 Å². The second-order valence-electron chi connectivity index (χ2n) is 4.04. The van der Waals surface area contributed by atoms with Crippen molar-refractivity contribution in [3.8, 4) is 0 Å². The molecule has 0 aromatic heterocycles. The number of alkyl halides is 7. The third kappa shape index (κ3) is 3.35. The molecule has 0 fully saturated rings. The van der Waals surface area contributed by atoms with E-state index in [2.05, 4.69) is 0 Å². The summed E-state index contributed by atoms with van der Waals surface area (Å²) in [5, 5.41) is 9.52. The fourth-order valence-electron chi connectivity index (χ4n) is 1.51. The van der Waals surface area contributed by atoms with Crippen LogP contribution >= 0.6 is 22.6 Å². The highest BCUT2D eigenvalue weighted by Gasteiger charge is 2.72. The summed E-state index contributed by atoms with van der Waals surface area (Å²) in [6.07, 6.45) is -16.7. The molecule has 1 N–H and O–H groups in total. The topological polar surface area (TPSA) is 20.2 Å². The van der Waals surface area contributed by atoms with Crippen molar-refractivity contribution in [3.63, 3.8) is 0 Å². The van der Waals surface area contributed by atoms with Crippen molar-refractivity contribution in [1.29, 1.82) is 0 Å². The molecule has 0 aliphatic rings. The van der Waals surface area contributed by atoms with Crippen LogP contribution in [0, 0.1) is 3.57 Å². The highest BCUT2D eigenvalue weighted by atomic mass is 127. The van der Waals surface area contributed by atoms with E-state index in [1.54, 1.807) is 22.6 Å². The molecule has 0 radical (unpaired) electrons. The number of rotatable bonds is 3. The number of halogens is 8. The lowest BCUT2D eigenvalue weighted by atomic mass is 9.93. The predicted molar refractivity (Wildman–Crippen MR) is 64.7 cm³/mol. The molecule has 0 aliphatic heterocycles. The van der Waals surface area contributed by atoms with Crippen LogP contribution in [0.4, 0.5) is 30.7 Å². The van der Waals surface area contributed by atoms with Gasteiger partial charge in [0.15, 0.2) is 0 Å². The largest absolute Gasteiger partial charge is 0.431 e. The van der Waals surface area contributed by atoms with Gasteiger partial charge in [0.1, 0.15) is 0 Å². The van der Waals surface area contributed by atoms with Gasteiger partial charge in [0.05, 0.1) is 6.10 Å². The number of aliphatic hydroxyl groups excluding tert-OH is 1. The molecule has 0 spiro atoms. The van der Waals surface area contributed by atoms with Gasteiger partial charge in [-0.1, -0.05) is 18.2 Å². The summed E-state index contributed by atoms with van der Waals surface area (Å²) < 4.78 is 87.9. The molecule has 1 rings (SSSR count). The van der Waals surface area contributed by atoms with Gasteiger partial charge in [-0.25, -0.2) is 4.39 Å². The normalized spacial score (nSPS) is 15.2. The molecular weight excluding hydrogens is 408 g/mol. The lowest BCUT2D eigenvalue weighted by Gasteiger charge is -2.31. The summed E-state index contributed by atoms with van der Waals surface area (Å²) in [5.41, 5.74) is -5.65. The van der Waals surface area contributed by atoms with E-state index in [4.69, 9.17) is 0 Å². The zero-order chi connectivity index (χ0) is 15.8. The SMILES string of the molecule is OC(CC(F)(C(F)(F)F)C(F)(F)F)c1ccccc1I. The Kier molecular flexibility index (Phi) is 4.95. The van der Waals surface area contributed by atoms with Crippen LogP contribution in [0.15, 0.2) is 24.3 Å². The summed E-state index contributed by atoms with van der Waals surface area (Å²) in [6.45, 7) is 0. The molecule has 114 valence electrons. The van der Waals surface area contributed by atoms with Gasteiger partial charge in [-0.2, -0.15) is 26.3 Å². The maximum absolute atomic E-state index is 13.5. The van der Waals surface area contributed by atoms with Crippen molar-refractivity contribution in [3.05, 3.63) is 33.4 Å². The summed E-state index contributed by atoms with van der Waals surface area (Å²) in [6, 6.07) is 5.32. The van der Waals surface area contributed by atoms with E-state index >= 15 is 0 Å². The first-order valence-electron chi connectivity index (χ1n) is 5.15.